The highest BCUT2D eigenvalue weighted by Crippen LogP contribution is 2.57. The Bertz CT molecular complexity index is 760. The molecule has 0 bridgehead atoms. The lowest BCUT2D eigenvalue weighted by molar-refractivity contribution is -0.146. The molecule has 0 spiro atoms. The zero-order valence-electron chi connectivity index (χ0n) is 18.4. The number of fused-ring (bicyclic) bond motifs is 2. The molecule has 29 heavy (non-hydrogen) atoms. The molecule has 2 fully saturated rings. The quantitative estimate of drug-likeness (QED) is 0.787. The van der Waals surface area contributed by atoms with Gasteiger partial charge in [0.25, 0.3) is 0 Å². The molecule has 1 saturated carbocycles. The van der Waals surface area contributed by atoms with E-state index in [-0.39, 0.29) is 35.0 Å². The van der Waals surface area contributed by atoms with Gasteiger partial charge in [-0.25, -0.2) is 4.98 Å². The van der Waals surface area contributed by atoms with Crippen LogP contribution in [0.5, 0.6) is 0 Å². The number of thiazole rings is 1. The highest BCUT2D eigenvalue weighted by Gasteiger charge is 2.54. The Hall–Kier alpha value is -1.18. The number of piperazine rings is 1. The molecule has 4 rings (SSSR count). The molecule has 1 aromatic rings. The molecule has 1 saturated heterocycles. The normalized spacial score (nSPS) is 36.3. The van der Waals surface area contributed by atoms with Gasteiger partial charge >= 0.3 is 0 Å². The number of carbonyl (C=O) groups is 1. The van der Waals surface area contributed by atoms with Crippen molar-refractivity contribution in [2.45, 2.75) is 52.1 Å². The standard InChI is InChI=1S/C22H36N4O2S/c1-13(20(28)26-10-8-25(5)9-11-26)15-6-7-22(3)12-16-18(24-21(23-4)29-16)14(2)17(22)19(15)27/h13-15,17,19,27H,6-12H2,1-5H3,(H,23,24)/t13-,14-,15+,17+,19-,22-/m0/s1. The molecule has 2 aliphatic carbocycles. The fourth-order valence-corrected chi connectivity index (χ4v) is 7.37. The van der Waals surface area contributed by atoms with Crippen molar-refractivity contribution in [2.75, 3.05) is 45.6 Å². The van der Waals surface area contributed by atoms with Crippen molar-refractivity contribution in [1.82, 2.24) is 14.8 Å². The molecule has 0 radical (unpaired) electrons. The fraction of sp³-hybridized carbons (Fsp3) is 0.818. The number of rotatable bonds is 3. The van der Waals surface area contributed by atoms with Crippen molar-refractivity contribution in [3.8, 4) is 0 Å². The van der Waals surface area contributed by atoms with Gasteiger partial charge in [-0.1, -0.05) is 20.8 Å². The Morgan fingerprint density at radius 2 is 2.03 bits per heavy atom. The number of aliphatic hydroxyl groups is 1. The minimum Gasteiger partial charge on any atom is -0.392 e. The van der Waals surface area contributed by atoms with Crippen LogP contribution in [-0.4, -0.2) is 72.2 Å². The number of hydrogen-bond donors (Lipinski definition) is 2. The Balaban J connectivity index is 1.53. The predicted molar refractivity (Wildman–Crippen MR) is 117 cm³/mol. The molecule has 1 amide bonds. The lowest BCUT2D eigenvalue weighted by Crippen LogP contribution is -2.55. The number of nitrogens with one attached hydrogen (secondary N) is 1. The van der Waals surface area contributed by atoms with E-state index in [1.165, 1.54) is 4.88 Å². The van der Waals surface area contributed by atoms with Gasteiger partial charge in [0, 0.05) is 49.9 Å². The summed E-state index contributed by atoms with van der Waals surface area (Å²) in [5.41, 5.74) is 1.23. The van der Waals surface area contributed by atoms with Crippen LogP contribution in [-0.2, 0) is 11.2 Å². The monoisotopic (exact) mass is 420 g/mol. The summed E-state index contributed by atoms with van der Waals surface area (Å²) in [6, 6.07) is 0. The second kappa shape index (κ2) is 7.82. The van der Waals surface area contributed by atoms with Crippen molar-refractivity contribution in [3.63, 3.8) is 0 Å². The van der Waals surface area contributed by atoms with Crippen molar-refractivity contribution in [2.24, 2.45) is 23.2 Å². The van der Waals surface area contributed by atoms with Gasteiger partial charge in [0.1, 0.15) is 0 Å². The Morgan fingerprint density at radius 1 is 1.34 bits per heavy atom. The topological polar surface area (TPSA) is 68.7 Å². The Kier molecular flexibility index (Phi) is 5.68. The van der Waals surface area contributed by atoms with E-state index >= 15 is 0 Å². The molecule has 6 nitrogen and oxygen atoms in total. The zero-order chi connectivity index (χ0) is 20.9. The maximum Gasteiger partial charge on any atom is 0.225 e. The summed E-state index contributed by atoms with van der Waals surface area (Å²) in [7, 11) is 4.02. The molecule has 6 atom stereocenters. The van der Waals surface area contributed by atoms with Crippen molar-refractivity contribution in [1.29, 1.82) is 0 Å². The van der Waals surface area contributed by atoms with Crippen LogP contribution in [0.25, 0.3) is 0 Å². The molecule has 1 aliphatic heterocycles. The Morgan fingerprint density at radius 3 is 2.69 bits per heavy atom. The number of carbonyl (C=O) groups excluding carboxylic acids is 1. The summed E-state index contributed by atoms with van der Waals surface area (Å²) in [6.07, 6.45) is 2.52. The lowest BCUT2D eigenvalue weighted by atomic mass is 9.53. The largest absolute Gasteiger partial charge is 0.392 e. The van der Waals surface area contributed by atoms with E-state index in [0.717, 1.165) is 56.3 Å². The molecule has 7 heteroatoms. The highest BCUT2D eigenvalue weighted by molar-refractivity contribution is 7.15. The van der Waals surface area contributed by atoms with Gasteiger partial charge < -0.3 is 20.2 Å². The minimum absolute atomic E-state index is 0.0339. The number of amides is 1. The molecule has 0 unspecified atom stereocenters. The first-order chi connectivity index (χ1) is 13.7. The first-order valence-electron chi connectivity index (χ1n) is 11.1. The third kappa shape index (κ3) is 3.59. The first-order valence-corrected chi connectivity index (χ1v) is 11.9. The summed E-state index contributed by atoms with van der Waals surface area (Å²) in [4.78, 5) is 23.6. The van der Waals surface area contributed by atoms with Crippen LogP contribution in [0.2, 0.25) is 0 Å². The van der Waals surface area contributed by atoms with E-state index in [2.05, 4.69) is 31.1 Å². The van der Waals surface area contributed by atoms with Crippen LogP contribution in [0.1, 0.15) is 50.1 Å². The summed E-state index contributed by atoms with van der Waals surface area (Å²) >= 11 is 1.76. The lowest BCUT2D eigenvalue weighted by Gasteiger charge is -2.53. The van der Waals surface area contributed by atoms with Gasteiger partial charge in [-0.2, -0.15) is 0 Å². The number of likely N-dealkylation sites (N-methyl/N-ethyl adjacent to an activating group) is 1. The van der Waals surface area contributed by atoms with Gasteiger partial charge in [0.15, 0.2) is 5.13 Å². The van der Waals surface area contributed by atoms with Crippen LogP contribution >= 0.6 is 11.3 Å². The van der Waals surface area contributed by atoms with Crippen molar-refractivity contribution < 1.29 is 9.90 Å². The predicted octanol–water partition coefficient (Wildman–Crippen LogP) is 2.65. The van der Waals surface area contributed by atoms with E-state index in [1.54, 1.807) is 11.3 Å². The molecular weight excluding hydrogens is 384 g/mol. The fourth-order valence-electron chi connectivity index (χ4n) is 6.15. The van der Waals surface area contributed by atoms with Gasteiger partial charge in [-0.3, -0.25) is 4.79 Å². The summed E-state index contributed by atoms with van der Waals surface area (Å²) < 4.78 is 0. The van der Waals surface area contributed by atoms with E-state index in [0.29, 0.717) is 0 Å². The maximum atomic E-state index is 13.2. The van der Waals surface area contributed by atoms with Crippen LogP contribution in [0.3, 0.4) is 0 Å². The van der Waals surface area contributed by atoms with E-state index < -0.39 is 6.10 Å². The van der Waals surface area contributed by atoms with Gasteiger partial charge in [0.05, 0.1) is 11.8 Å². The van der Waals surface area contributed by atoms with Crippen LogP contribution < -0.4 is 5.32 Å². The molecule has 162 valence electrons. The maximum absolute atomic E-state index is 13.2. The highest BCUT2D eigenvalue weighted by atomic mass is 32.1. The van der Waals surface area contributed by atoms with E-state index in [4.69, 9.17) is 4.98 Å². The van der Waals surface area contributed by atoms with E-state index in [9.17, 15) is 9.90 Å². The zero-order valence-corrected chi connectivity index (χ0v) is 19.3. The van der Waals surface area contributed by atoms with E-state index in [1.807, 2.05) is 18.9 Å². The minimum atomic E-state index is -0.456. The number of aliphatic hydroxyl groups excluding tert-OH is 1. The van der Waals surface area contributed by atoms with Crippen LogP contribution in [0.15, 0.2) is 0 Å². The van der Waals surface area contributed by atoms with Crippen molar-refractivity contribution in [3.05, 3.63) is 10.6 Å². The third-order valence-corrected chi connectivity index (χ3v) is 9.07. The van der Waals surface area contributed by atoms with Gasteiger partial charge in [0.2, 0.25) is 5.91 Å². The number of nitrogens with zero attached hydrogens (tertiary/aromatic N) is 3. The molecule has 1 aromatic heterocycles. The number of anilines is 1. The summed E-state index contributed by atoms with van der Waals surface area (Å²) in [5.74, 6) is 0.497. The third-order valence-electron chi connectivity index (χ3n) is 7.98. The number of aromatic nitrogens is 1. The van der Waals surface area contributed by atoms with Crippen LogP contribution in [0.4, 0.5) is 5.13 Å². The average molecular weight is 421 g/mol. The smallest absolute Gasteiger partial charge is 0.225 e. The van der Waals surface area contributed by atoms with Crippen molar-refractivity contribution >= 4 is 22.4 Å². The second-order valence-electron chi connectivity index (χ2n) is 9.83. The Labute approximate surface area is 178 Å². The van der Waals surface area contributed by atoms with Gasteiger partial charge in [-0.05, 0) is 43.6 Å². The second-order valence-corrected chi connectivity index (χ2v) is 10.9. The average Bonchev–Trinajstić information content (AvgIpc) is 3.10. The molecular formula is C22H36N4O2S. The van der Waals surface area contributed by atoms with Crippen LogP contribution in [0, 0.1) is 23.2 Å². The molecule has 2 N–H and O–H groups in total. The summed E-state index contributed by atoms with van der Waals surface area (Å²) in [5, 5.41) is 15.7. The molecule has 2 heterocycles. The number of hydrogen-bond acceptors (Lipinski definition) is 6. The molecule has 0 aromatic carbocycles. The summed E-state index contributed by atoms with van der Waals surface area (Å²) in [6.45, 7) is 10.1. The van der Waals surface area contributed by atoms with Gasteiger partial charge in [-0.15, -0.1) is 11.3 Å². The SMILES string of the molecule is CNc1nc2c(s1)C[C@]1(C)CC[C@H]([C@H](C)C(=O)N3CCN(C)CC3)[C@H](O)[C@H]1[C@@H]2C. The first kappa shape index (κ1) is 21.1. The molecule has 3 aliphatic rings.